The van der Waals surface area contributed by atoms with E-state index in [0.717, 1.165) is 6.42 Å². The molecule has 1 aliphatic carbocycles. The average molecular weight is 212 g/mol. The van der Waals surface area contributed by atoms with E-state index in [9.17, 15) is 0 Å². The lowest BCUT2D eigenvalue weighted by Gasteiger charge is -2.39. The van der Waals surface area contributed by atoms with Crippen LogP contribution in [0.5, 0.6) is 0 Å². The second kappa shape index (κ2) is 4.29. The van der Waals surface area contributed by atoms with E-state index in [4.69, 9.17) is 0 Å². The van der Waals surface area contributed by atoms with Crippen LogP contribution in [0.1, 0.15) is 32.8 Å². The molecule has 0 heteroatoms. The normalized spacial score (nSPS) is 28.9. The van der Waals surface area contributed by atoms with Gasteiger partial charge in [0.2, 0.25) is 0 Å². The number of hydrogen-bond donors (Lipinski definition) is 0. The van der Waals surface area contributed by atoms with Crippen LogP contribution in [0.4, 0.5) is 0 Å². The molecule has 2 atom stereocenters. The highest BCUT2D eigenvalue weighted by Gasteiger charge is 2.35. The Morgan fingerprint density at radius 2 is 1.88 bits per heavy atom. The summed E-state index contributed by atoms with van der Waals surface area (Å²) in [7, 11) is 0. The average Bonchev–Trinajstić information content (AvgIpc) is 2.34. The smallest absolute Gasteiger partial charge is 0.0196 e. The molecule has 2 rings (SSSR count). The Labute approximate surface area is 98.7 Å². The van der Waals surface area contributed by atoms with Crippen LogP contribution >= 0.6 is 0 Å². The summed E-state index contributed by atoms with van der Waals surface area (Å²) < 4.78 is 0. The lowest BCUT2D eigenvalue weighted by molar-refractivity contribution is 0.420. The van der Waals surface area contributed by atoms with Crippen LogP contribution in [0.15, 0.2) is 54.1 Å². The molecule has 2 unspecified atom stereocenters. The molecule has 0 aliphatic heterocycles. The molecule has 84 valence electrons. The van der Waals surface area contributed by atoms with Crippen LogP contribution in [-0.4, -0.2) is 0 Å². The van der Waals surface area contributed by atoms with E-state index in [1.807, 2.05) is 0 Å². The Hall–Kier alpha value is -1.30. The molecule has 0 amide bonds. The van der Waals surface area contributed by atoms with Crippen molar-refractivity contribution in [2.24, 2.45) is 5.92 Å². The Kier molecular flexibility index (Phi) is 3.00. The summed E-state index contributed by atoms with van der Waals surface area (Å²) in [6.45, 7) is 6.93. The third-order valence-electron chi connectivity index (χ3n) is 4.03. The maximum Gasteiger partial charge on any atom is 0.0196 e. The van der Waals surface area contributed by atoms with Crippen molar-refractivity contribution in [3.8, 4) is 0 Å². The Balaban J connectivity index is 2.50. The molecule has 0 aromatic heterocycles. The van der Waals surface area contributed by atoms with Gasteiger partial charge in [-0.05, 0) is 17.9 Å². The highest BCUT2D eigenvalue weighted by Crippen LogP contribution is 2.43. The summed E-state index contributed by atoms with van der Waals surface area (Å²) in [5.41, 5.74) is 3.14. The molecule has 0 saturated heterocycles. The van der Waals surface area contributed by atoms with Crippen LogP contribution in [-0.2, 0) is 5.41 Å². The van der Waals surface area contributed by atoms with Gasteiger partial charge in [-0.3, -0.25) is 0 Å². The SMILES string of the molecule is CCC1=CC=CC(C)C1(C)c1ccccc1. The zero-order valence-corrected chi connectivity index (χ0v) is 10.4. The van der Waals surface area contributed by atoms with Crippen molar-refractivity contribution in [2.75, 3.05) is 0 Å². The number of allylic oxidation sites excluding steroid dienone is 4. The number of hydrogen-bond acceptors (Lipinski definition) is 0. The summed E-state index contributed by atoms with van der Waals surface area (Å²) in [6.07, 6.45) is 7.92. The number of benzene rings is 1. The van der Waals surface area contributed by atoms with Crippen LogP contribution in [0.2, 0.25) is 0 Å². The predicted molar refractivity (Wildman–Crippen MR) is 70.5 cm³/mol. The fourth-order valence-corrected chi connectivity index (χ4v) is 2.71. The van der Waals surface area contributed by atoms with Gasteiger partial charge in [0.15, 0.2) is 0 Å². The highest BCUT2D eigenvalue weighted by atomic mass is 14.4. The monoisotopic (exact) mass is 212 g/mol. The largest absolute Gasteiger partial charge is 0.0805 e. The van der Waals surface area contributed by atoms with Gasteiger partial charge >= 0.3 is 0 Å². The number of rotatable bonds is 2. The molecule has 0 bridgehead atoms. The Morgan fingerprint density at radius 1 is 1.19 bits per heavy atom. The summed E-state index contributed by atoms with van der Waals surface area (Å²) >= 11 is 0. The van der Waals surface area contributed by atoms with E-state index in [-0.39, 0.29) is 5.41 Å². The van der Waals surface area contributed by atoms with Gasteiger partial charge in [0.1, 0.15) is 0 Å². The second-order valence-electron chi connectivity index (χ2n) is 4.79. The molecule has 16 heavy (non-hydrogen) atoms. The molecular formula is C16H20. The minimum Gasteiger partial charge on any atom is -0.0805 e. The van der Waals surface area contributed by atoms with Crippen molar-refractivity contribution >= 4 is 0 Å². The highest BCUT2D eigenvalue weighted by molar-refractivity contribution is 5.41. The van der Waals surface area contributed by atoms with Crippen LogP contribution in [0.3, 0.4) is 0 Å². The molecular weight excluding hydrogens is 192 g/mol. The molecule has 1 aromatic rings. The molecule has 1 aromatic carbocycles. The molecule has 0 heterocycles. The third kappa shape index (κ3) is 1.63. The quantitative estimate of drug-likeness (QED) is 0.677. The van der Waals surface area contributed by atoms with E-state index in [1.165, 1.54) is 11.1 Å². The standard InChI is InChI=1S/C16H20/c1-4-14-12-8-9-13(2)16(14,3)15-10-6-5-7-11-15/h5-13H,4H2,1-3H3. The molecule has 0 N–H and O–H groups in total. The van der Waals surface area contributed by atoms with Crippen LogP contribution in [0.25, 0.3) is 0 Å². The lowest BCUT2D eigenvalue weighted by atomic mass is 9.65. The molecule has 0 fully saturated rings. The van der Waals surface area contributed by atoms with Crippen molar-refractivity contribution in [3.63, 3.8) is 0 Å². The van der Waals surface area contributed by atoms with Gasteiger partial charge in [-0.2, -0.15) is 0 Å². The van der Waals surface area contributed by atoms with Gasteiger partial charge in [-0.25, -0.2) is 0 Å². The molecule has 0 nitrogen and oxygen atoms in total. The molecule has 0 spiro atoms. The van der Waals surface area contributed by atoms with Gasteiger partial charge in [0, 0.05) is 5.41 Å². The van der Waals surface area contributed by atoms with Crippen molar-refractivity contribution < 1.29 is 0 Å². The Morgan fingerprint density at radius 3 is 2.50 bits per heavy atom. The third-order valence-corrected chi connectivity index (χ3v) is 4.03. The van der Waals surface area contributed by atoms with E-state index in [0.29, 0.717) is 5.92 Å². The second-order valence-corrected chi connectivity index (χ2v) is 4.79. The summed E-state index contributed by atoms with van der Waals surface area (Å²) in [5.74, 6) is 0.565. The summed E-state index contributed by atoms with van der Waals surface area (Å²) in [6, 6.07) is 10.9. The van der Waals surface area contributed by atoms with Gasteiger partial charge in [0.25, 0.3) is 0 Å². The van der Waals surface area contributed by atoms with Crippen molar-refractivity contribution in [3.05, 3.63) is 59.7 Å². The maximum absolute atomic E-state index is 2.37. The fraction of sp³-hybridized carbons (Fsp3) is 0.375. The first-order valence-corrected chi connectivity index (χ1v) is 6.13. The minimum atomic E-state index is 0.171. The van der Waals surface area contributed by atoms with Crippen LogP contribution < -0.4 is 0 Å². The molecule has 0 radical (unpaired) electrons. The fourth-order valence-electron chi connectivity index (χ4n) is 2.71. The topological polar surface area (TPSA) is 0 Å². The van der Waals surface area contributed by atoms with Crippen LogP contribution in [0, 0.1) is 5.92 Å². The van der Waals surface area contributed by atoms with E-state index in [1.54, 1.807) is 0 Å². The summed E-state index contributed by atoms with van der Waals surface area (Å²) in [4.78, 5) is 0. The first-order chi connectivity index (χ1) is 7.69. The zero-order chi connectivity index (χ0) is 11.6. The van der Waals surface area contributed by atoms with Crippen molar-refractivity contribution in [1.82, 2.24) is 0 Å². The maximum atomic E-state index is 2.37. The van der Waals surface area contributed by atoms with Gasteiger partial charge in [-0.15, -0.1) is 0 Å². The first kappa shape index (κ1) is 11.2. The van der Waals surface area contributed by atoms with Crippen molar-refractivity contribution in [2.45, 2.75) is 32.6 Å². The van der Waals surface area contributed by atoms with Gasteiger partial charge < -0.3 is 0 Å². The van der Waals surface area contributed by atoms with Gasteiger partial charge in [-0.1, -0.05) is 74.9 Å². The van der Waals surface area contributed by atoms with E-state index < -0.39 is 0 Å². The predicted octanol–water partition coefficient (Wildman–Crippen LogP) is 4.49. The van der Waals surface area contributed by atoms with Gasteiger partial charge in [0.05, 0.1) is 0 Å². The first-order valence-electron chi connectivity index (χ1n) is 6.13. The summed E-state index contributed by atoms with van der Waals surface area (Å²) in [5, 5.41) is 0. The van der Waals surface area contributed by atoms with E-state index in [2.05, 4.69) is 69.3 Å². The molecule has 0 saturated carbocycles. The minimum absolute atomic E-state index is 0.171. The molecule has 1 aliphatic rings. The van der Waals surface area contributed by atoms with Crippen molar-refractivity contribution in [1.29, 1.82) is 0 Å². The Bertz CT molecular complexity index is 411. The zero-order valence-electron chi connectivity index (χ0n) is 10.4. The van der Waals surface area contributed by atoms with E-state index >= 15 is 0 Å². The lowest BCUT2D eigenvalue weighted by Crippen LogP contribution is -2.33.